The van der Waals surface area contributed by atoms with Crippen molar-refractivity contribution in [1.82, 2.24) is 14.5 Å². The average Bonchev–Trinajstić information content (AvgIpc) is 3.19. The third kappa shape index (κ3) is 3.40. The lowest BCUT2D eigenvalue weighted by atomic mass is 9.98. The monoisotopic (exact) mass is 317 g/mol. The van der Waals surface area contributed by atoms with E-state index in [1.54, 1.807) is 11.3 Å². The number of amides is 1. The van der Waals surface area contributed by atoms with Gasteiger partial charge in [0.1, 0.15) is 0 Å². The molecule has 1 fully saturated rings. The molecule has 3 rings (SSSR count). The van der Waals surface area contributed by atoms with Crippen molar-refractivity contribution in [2.24, 2.45) is 7.05 Å². The summed E-state index contributed by atoms with van der Waals surface area (Å²) in [6.45, 7) is 0.895. The van der Waals surface area contributed by atoms with Crippen LogP contribution in [0.5, 0.6) is 0 Å². The standard InChI is InChI=1S/C17H23N3OS/c1-19-11-5-7-14(19)15-6-2-3-12-20(15)17(21)9-4-8-16-18-10-13-22-16/h5,7,10-11,13,15H,2-4,6,8-9,12H2,1H3. The number of carbonyl (C=O) groups is 1. The number of likely N-dealkylation sites (tertiary alicyclic amines) is 1. The summed E-state index contributed by atoms with van der Waals surface area (Å²) in [5, 5.41) is 3.12. The van der Waals surface area contributed by atoms with Crippen LogP contribution >= 0.6 is 11.3 Å². The maximum atomic E-state index is 12.6. The van der Waals surface area contributed by atoms with Crippen LogP contribution in [-0.2, 0) is 18.3 Å². The predicted octanol–water partition coefficient (Wildman–Crippen LogP) is 3.56. The average molecular weight is 317 g/mol. The van der Waals surface area contributed by atoms with E-state index in [1.807, 2.05) is 11.6 Å². The molecule has 1 aliphatic heterocycles. The molecule has 3 heterocycles. The highest BCUT2D eigenvalue weighted by atomic mass is 32.1. The van der Waals surface area contributed by atoms with E-state index in [4.69, 9.17) is 0 Å². The number of piperidine rings is 1. The Morgan fingerprint density at radius 2 is 2.36 bits per heavy atom. The van der Waals surface area contributed by atoms with Crippen molar-refractivity contribution in [3.8, 4) is 0 Å². The van der Waals surface area contributed by atoms with Gasteiger partial charge in [0.05, 0.1) is 11.0 Å². The van der Waals surface area contributed by atoms with Crippen molar-refractivity contribution in [2.45, 2.75) is 44.6 Å². The van der Waals surface area contributed by atoms with Crippen molar-refractivity contribution in [1.29, 1.82) is 0 Å². The number of carbonyl (C=O) groups excluding carboxylic acids is 1. The van der Waals surface area contributed by atoms with Gasteiger partial charge in [-0.2, -0.15) is 0 Å². The molecule has 1 unspecified atom stereocenters. The molecule has 0 bridgehead atoms. The second kappa shape index (κ2) is 7.09. The Labute approximate surface area is 135 Å². The molecule has 0 radical (unpaired) electrons. The number of nitrogens with zero attached hydrogens (tertiary/aromatic N) is 3. The summed E-state index contributed by atoms with van der Waals surface area (Å²) in [5.74, 6) is 0.294. The second-order valence-corrected chi connectivity index (χ2v) is 6.90. The van der Waals surface area contributed by atoms with Crippen molar-refractivity contribution in [2.75, 3.05) is 6.54 Å². The van der Waals surface area contributed by atoms with Crippen molar-refractivity contribution in [3.63, 3.8) is 0 Å². The lowest BCUT2D eigenvalue weighted by Crippen LogP contribution is -2.39. The Bertz CT molecular complexity index is 605. The molecule has 2 aromatic heterocycles. The number of aryl methyl sites for hydroxylation is 2. The molecule has 4 nitrogen and oxygen atoms in total. The fourth-order valence-corrected chi connectivity index (χ4v) is 3.93. The zero-order chi connectivity index (χ0) is 15.4. The van der Waals surface area contributed by atoms with Gasteiger partial charge >= 0.3 is 0 Å². The Morgan fingerprint density at radius 1 is 1.45 bits per heavy atom. The van der Waals surface area contributed by atoms with Crippen LogP contribution in [0.4, 0.5) is 0 Å². The zero-order valence-electron chi connectivity index (χ0n) is 13.1. The molecule has 0 saturated carbocycles. The van der Waals surface area contributed by atoms with Gasteiger partial charge < -0.3 is 9.47 Å². The van der Waals surface area contributed by atoms with Crippen LogP contribution in [0.2, 0.25) is 0 Å². The van der Waals surface area contributed by atoms with E-state index in [-0.39, 0.29) is 6.04 Å². The van der Waals surface area contributed by atoms with E-state index < -0.39 is 0 Å². The van der Waals surface area contributed by atoms with Gasteiger partial charge in [-0.15, -0.1) is 11.3 Å². The SMILES string of the molecule is Cn1cccc1C1CCCCN1C(=O)CCCc1nccs1. The highest BCUT2D eigenvalue weighted by molar-refractivity contribution is 7.09. The molecule has 0 spiro atoms. The lowest BCUT2D eigenvalue weighted by molar-refractivity contribution is -0.135. The molecule has 1 saturated heterocycles. The van der Waals surface area contributed by atoms with Crippen LogP contribution in [0.3, 0.4) is 0 Å². The first-order chi connectivity index (χ1) is 10.8. The van der Waals surface area contributed by atoms with Gasteiger partial charge in [-0.25, -0.2) is 4.98 Å². The first-order valence-corrected chi connectivity index (χ1v) is 8.93. The quantitative estimate of drug-likeness (QED) is 0.845. The molecule has 1 amide bonds. The number of rotatable bonds is 5. The van der Waals surface area contributed by atoms with Gasteiger partial charge in [0.15, 0.2) is 0 Å². The molecule has 22 heavy (non-hydrogen) atoms. The van der Waals surface area contributed by atoms with Gasteiger partial charge in [-0.3, -0.25) is 4.79 Å². The number of aromatic nitrogens is 2. The first kappa shape index (κ1) is 15.3. The maximum absolute atomic E-state index is 12.6. The summed E-state index contributed by atoms with van der Waals surface area (Å²) < 4.78 is 2.14. The smallest absolute Gasteiger partial charge is 0.223 e. The van der Waals surface area contributed by atoms with Gasteiger partial charge in [0.2, 0.25) is 5.91 Å². The van der Waals surface area contributed by atoms with Crippen LogP contribution in [0.25, 0.3) is 0 Å². The van der Waals surface area contributed by atoms with Crippen molar-refractivity contribution >= 4 is 17.2 Å². The maximum Gasteiger partial charge on any atom is 0.223 e. The summed E-state index contributed by atoms with van der Waals surface area (Å²) >= 11 is 1.67. The third-order valence-electron chi connectivity index (χ3n) is 4.41. The fraction of sp³-hybridized carbons (Fsp3) is 0.529. The van der Waals surface area contributed by atoms with Crippen molar-refractivity contribution in [3.05, 3.63) is 40.6 Å². The van der Waals surface area contributed by atoms with E-state index in [1.165, 1.54) is 12.1 Å². The van der Waals surface area contributed by atoms with Gasteiger partial charge in [-0.05, 0) is 44.2 Å². The number of thiazole rings is 1. The Balaban J connectivity index is 1.60. The molecule has 1 atom stereocenters. The second-order valence-electron chi connectivity index (χ2n) is 5.92. The molecule has 0 aliphatic carbocycles. The summed E-state index contributed by atoms with van der Waals surface area (Å²) in [4.78, 5) is 19.0. The third-order valence-corrected chi connectivity index (χ3v) is 5.25. The molecular formula is C17H23N3OS. The molecule has 118 valence electrons. The topological polar surface area (TPSA) is 38.1 Å². The Hall–Kier alpha value is -1.62. The van der Waals surface area contributed by atoms with E-state index in [9.17, 15) is 4.79 Å². The minimum absolute atomic E-state index is 0.251. The number of hydrogen-bond acceptors (Lipinski definition) is 3. The molecule has 2 aromatic rings. The van der Waals surface area contributed by atoms with Crippen LogP contribution in [0.15, 0.2) is 29.9 Å². The Kier molecular flexibility index (Phi) is 4.93. The molecule has 0 aromatic carbocycles. The summed E-state index contributed by atoms with van der Waals surface area (Å²) in [6.07, 6.45) is 9.73. The molecule has 1 aliphatic rings. The normalized spacial score (nSPS) is 18.6. The molecule has 0 N–H and O–H groups in total. The minimum atomic E-state index is 0.251. The van der Waals surface area contributed by atoms with Crippen LogP contribution in [0, 0.1) is 0 Å². The van der Waals surface area contributed by atoms with E-state index in [0.717, 1.165) is 37.2 Å². The van der Waals surface area contributed by atoms with E-state index >= 15 is 0 Å². The van der Waals surface area contributed by atoms with E-state index in [2.05, 4.69) is 39.8 Å². The largest absolute Gasteiger partial charge is 0.353 e. The van der Waals surface area contributed by atoms with Gasteiger partial charge in [-0.1, -0.05) is 0 Å². The summed E-state index contributed by atoms with van der Waals surface area (Å²) in [6, 6.07) is 4.46. The van der Waals surface area contributed by atoms with Gasteiger partial charge in [0.25, 0.3) is 0 Å². The highest BCUT2D eigenvalue weighted by Gasteiger charge is 2.28. The fourth-order valence-electron chi connectivity index (χ4n) is 3.27. The predicted molar refractivity (Wildman–Crippen MR) is 88.8 cm³/mol. The molecule has 5 heteroatoms. The lowest BCUT2D eigenvalue weighted by Gasteiger charge is -2.36. The van der Waals surface area contributed by atoms with Crippen LogP contribution in [0.1, 0.15) is 48.8 Å². The van der Waals surface area contributed by atoms with E-state index in [0.29, 0.717) is 12.3 Å². The molecular weight excluding hydrogens is 294 g/mol. The van der Waals surface area contributed by atoms with Crippen LogP contribution in [-0.4, -0.2) is 26.9 Å². The first-order valence-electron chi connectivity index (χ1n) is 8.05. The van der Waals surface area contributed by atoms with Gasteiger partial charge in [0, 0.05) is 43.5 Å². The minimum Gasteiger partial charge on any atom is -0.353 e. The van der Waals surface area contributed by atoms with Crippen molar-refractivity contribution < 1.29 is 4.79 Å². The van der Waals surface area contributed by atoms with Crippen LogP contribution < -0.4 is 0 Å². The zero-order valence-corrected chi connectivity index (χ0v) is 13.9. The summed E-state index contributed by atoms with van der Waals surface area (Å²) in [7, 11) is 2.06. The number of hydrogen-bond donors (Lipinski definition) is 0. The summed E-state index contributed by atoms with van der Waals surface area (Å²) in [5.41, 5.74) is 1.26. The Morgan fingerprint density at radius 3 is 3.09 bits per heavy atom. The highest BCUT2D eigenvalue weighted by Crippen LogP contribution is 2.31.